The normalized spacial score (nSPS) is 21.9. The quantitative estimate of drug-likeness (QED) is 0.169. The Kier molecular flexibility index (Phi) is 6.58. The van der Waals surface area contributed by atoms with Crippen molar-refractivity contribution in [2.45, 2.75) is 76.2 Å². The van der Waals surface area contributed by atoms with Gasteiger partial charge in [-0.15, -0.1) is 0 Å². The van der Waals surface area contributed by atoms with Crippen LogP contribution in [0.25, 0.3) is 21.9 Å². The number of para-hydroxylation sites is 3. The summed E-state index contributed by atoms with van der Waals surface area (Å²) in [6.45, 7) is 5.25. The number of rotatable bonds is 4. The number of anilines is 7. The molecule has 2 atom stereocenters. The second kappa shape index (κ2) is 11.4. The van der Waals surface area contributed by atoms with Crippen LogP contribution in [0.3, 0.4) is 0 Å². The summed E-state index contributed by atoms with van der Waals surface area (Å²) in [7, 11) is 0. The van der Waals surface area contributed by atoms with Gasteiger partial charge in [-0.1, -0.05) is 92.6 Å². The fourth-order valence-corrected chi connectivity index (χ4v) is 11.6. The summed E-state index contributed by atoms with van der Waals surface area (Å²) in [5, 5.41) is 2.30. The van der Waals surface area contributed by atoms with Crippen LogP contribution in [0.4, 0.5) is 39.8 Å². The second-order valence-corrected chi connectivity index (χ2v) is 17.0. The zero-order valence-corrected chi connectivity index (χ0v) is 31.7. The minimum absolute atomic E-state index is 0.0112. The van der Waals surface area contributed by atoms with Crippen molar-refractivity contribution >= 4 is 84.9 Å². The molecule has 0 N–H and O–H groups in total. The summed E-state index contributed by atoms with van der Waals surface area (Å²) >= 11 is 0. The highest BCUT2D eigenvalue weighted by atomic mass is 16.3. The van der Waals surface area contributed by atoms with Crippen molar-refractivity contribution in [1.29, 1.82) is 0 Å². The van der Waals surface area contributed by atoms with E-state index in [4.69, 9.17) is 4.42 Å². The SMILES string of the molecule is CC12CCCCC1(C)N1c3cccc4c3B(c3ccc(N(C5=CCCCC5)c5ccccc5)cc3N4c3ccc4oc5ccccc5c4c3)c3cccc2c31. The largest absolute Gasteiger partial charge is 0.456 e. The smallest absolute Gasteiger partial charge is 0.252 e. The Bertz CT molecular complexity index is 2750. The Labute approximate surface area is 323 Å². The number of hydrogen-bond acceptors (Lipinski definition) is 4. The molecule has 3 aliphatic heterocycles. The molecule has 6 aromatic carbocycles. The predicted molar refractivity (Wildman–Crippen MR) is 231 cm³/mol. The van der Waals surface area contributed by atoms with E-state index in [2.05, 4.69) is 162 Å². The van der Waals surface area contributed by atoms with Gasteiger partial charge in [0.05, 0.1) is 5.54 Å². The lowest BCUT2D eigenvalue weighted by molar-refractivity contribution is 0.195. The lowest BCUT2D eigenvalue weighted by Crippen LogP contribution is -2.64. The van der Waals surface area contributed by atoms with Gasteiger partial charge in [0.1, 0.15) is 11.2 Å². The predicted octanol–water partition coefficient (Wildman–Crippen LogP) is 11.5. The van der Waals surface area contributed by atoms with Gasteiger partial charge in [0, 0.05) is 61.7 Å². The third-order valence-electron chi connectivity index (χ3n) is 14.3. The monoisotopic (exact) mass is 713 g/mol. The second-order valence-electron chi connectivity index (χ2n) is 17.0. The number of fused-ring (bicyclic) bond motifs is 10. The average Bonchev–Trinajstić information content (AvgIpc) is 3.70. The van der Waals surface area contributed by atoms with Crippen molar-refractivity contribution in [2.75, 3.05) is 14.7 Å². The maximum Gasteiger partial charge on any atom is 0.252 e. The van der Waals surface area contributed by atoms with Crippen molar-refractivity contribution < 1.29 is 4.42 Å². The molecule has 0 amide bonds. The molecule has 5 heteroatoms. The summed E-state index contributed by atoms with van der Waals surface area (Å²) in [5.41, 5.74) is 18.1. The summed E-state index contributed by atoms with van der Waals surface area (Å²) in [5.74, 6) is 0. The van der Waals surface area contributed by atoms with Crippen LogP contribution >= 0.6 is 0 Å². The van der Waals surface area contributed by atoms with E-state index in [9.17, 15) is 0 Å². The van der Waals surface area contributed by atoms with Crippen LogP contribution < -0.4 is 31.1 Å². The van der Waals surface area contributed by atoms with E-state index in [0.717, 1.165) is 40.5 Å². The van der Waals surface area contributed by atoms with Crippen LogP contribution in [-0.4, -0.2) is 12.3 Å². The molecule has 2 aliphatic carbocycles. The molecule has 0 bridgehead atoms. The Balaban J connectivity index is 1.14. The Morgan fingerprint density at radius 3 is 2.35 bits per heavy atom. The number of furan rings is 1. The first-order valence-electron chi connectivity index (χ1n) is 20.5. The first-order valence-corrected chi connectivity index (χ1v) is 20.5. The van der Waals surface area contributed by atoms with Gasteiger partial charge in [-0.05, 0) is 128 Å². The molecule has 268 valence electrons. The first-order chi connectivity index (χ1) is 27.0. The molecule has 1 fully saturated rings. The van der Waals surface area contributed by atoms with Crippen LogP contribution in [0, 0.1) is 0 Å². The van der Waals surface area contributed by atoms with Crippen molar-refractivity contribution in [3.8, 4) is 0 Å². The van der Waals surface area contributed by atoms with Crippen molar-refractivity contribution in [2.24, 2.45) is 0 Å². The van der Waals surface area contributed by atoms with E-state index in [1.807, 2.05) is 0 Å². The summed E-state index contributed by atoms with van der Waals surface area (Å²) in [4.78, 5) is 7.90. The molecular weight excluding hydrogens is 669 g/mol. The highest BCUT2D eigenvalue weighted by Crippen LogP contribution is 2.61. The van der Waals surface area contributed by atoms with E-state index in [1.54, 1.807) is 5.56 Å². The minimum atomic E-state index is 0.0112. The van der Waals surface area contributed by atoms with Gasteiger partial charge in [0.15, 0.2) is 0 Å². The standard InChI is InChI=1S/C50H44BN3O/c1-49-29-11-12-30-50(49,2)54-43-23-14-22-42-47(43)51(41-21-13-20-39(49)48(41)54)40-27-25-36(52(33-15-5-3-6-16-33)34-17-7-4-8-18-34)32-44(40)53(42)35-26-28-46-38(31-35)37-19-9-10-24-45(37)55-46/h3,5-6,9-10,13-17,19-28,31-32H,4,7-8,11-12,18,29-30H2,1-2H3. The molecule has 0 saturated heterocycles. The Morgan fingerprint density at radius 1 is 0.636 bits per heavy atom. The van der Waals surface area contributed by atoms with E-state index in [0.29, 0.717) is 0 Å². The maximum absolute atomic E-state index is 6.37. The summed E-state index contributed by atoms with van der Waals surface area (Å²) in [6.07, 6.45) is 12.1. The molecule has 0 radical (unpaired) electrons. The van der Waals surface area contributed by atoms with E-state index in [1.165, 1.54) is 94.7 Å². The molecule has 7 aromatic rings. The van der Waals surface area contributed by atoms with Crippen molar-refractivity contribution in [3.05, 3.63) is 145 Å². The topological polar surface area (TPSA) is 22.9 Å². The molecule has 12 rings (SSSR count). The van der Waals surface area contributed by atoms with Gasteiger partial charge < -0.3 is 19.1 Å². The lowest BCUT2D eigenvalue weighted by Gasteiger charge is -2.52. The van der Waals surface area contributed by atoms with E-state index >= 15 is 0 Å². The van der Waals surface area contributed by atoms with Gasteiger partial charge in [-0.3, -0.25) is 0 Å². The van der Waals surface area contributed by atoms with Crippen LogP contribution in [-0.2, 0) is 5.41 Å². The number of benzene rings is 6. The molecule has 2 unspecified atom stereocenters. The van der Waals surface area contributed by atoms with Gasteiger partial charge in [0.2, 0.25) is 0 Å². The zero-order chi connectivity index (χ0) is 36.5. The lowest BCUT2D eigenvalue weighted by atomic mass is 9.33. The highest BCUT2D eigenvalue weighted by Gasteiger charge is 2.61. The van der Waals surface area contributed by atoms with Gasteiger partial charge in [-0.25, -0.2) is 0 Å². The third-order valence-corrected chi connectivity index (χ3v) is 14.3. The molecule has 0 spiro atoms. The fourth-order valence-electron chi connectivity index (χ4n) is 11.6. The van der Waals surface area contributed by atoms with Crippen LogP contribution in [0.1, 0.15) is 70.8 Å². The summed E-state index contributed by atoms with van der Waals surface area (Å²) < 4.78 is 6.37. The van der Waals surface area contributed by atoms with Crippen molar-refractivity contribution in [1.82, 2.24) is 0 Å². The van der Waals surface area contributed by atoms with Crippen LogP contribution in [0.5, 0.6) is 0 Å². The highest BCUT2D eigenvalue weighted by molar-refractivity contribution is 7.00. The number of hydrogen-bond donors (Lipinski definition) is 0. The number of nitrogens with zero attached hydrogens (tertiary/aromatic N) is 3. The number of allylic oxidation sites excluding steroid dienone is 2. The molecule has 5 aliphatic rings. The van der Waals surface area contributed by atoms with E-state index < -0.39 is 0 Å². The molecule has 4 nitrogen and oxygen atoms in total. The Morgan fingerprint density at radius 2 is 1.45 bits per heavy atom. The van der Waals surface area contributed by atoms with Gasteiger partial charge in [-0.2, -0.15) is 0 Å². The van der Waals surface area contributed by atoms with Gasteiger partial charge >= 0.3 is 0 Å². The molecule has 4 heterocycles. The molecule has 55 heavy (non-hydrogen) atoms. The molecule has 1 aromatic heterocycles. The third kappa shape index (κ3) is 4.19. The fraction of sp³-hybridized carbons (Fsp3) is 0.240. The Hall–Kier alpha value is -5.68. The van der Waals surface area contributed by atoms with Crippen LogP contribution in [0.15, 0.2) is 144 Å². The van der Waals surface area contributed by atoms with Gasteiger partial charge in [0.25, 0.3) is 6.71 Å². The molecular formula is C50H44BN3O. The average molecular weight is 714 g/mol. The maximum atomic E-state index is 6.37. The summed E-state index contributed by atoms with van der Waals surface area (Å²) in [6, 6.07) is 48.0. The first kappa shape index (κ1) is 31.7. The molecule has 1 saturated carbocycles. The van der Waals surface area contributed by atoms with Crippen molar-refractivity contribution in [3.63, 3.8) is 0 Å². The zero-order valence-electron chi connectivity index (χ0n) is 31.7. The van der Waals surface area contributed by atoms with Crippen LogP contribution in [0.2, 0.25) is 0 Å². The minimum Gasteiger partial charge on any atom is -0.456 e. The van der Waals surface area contributed by atoms with E-state index in [-0.39, 0.29) is 17.7 Å².